The van der Waals surface area contributed by atoms with Crippen molar-refractivity contribution in [2.75, 3.05) is 79.6 Å². The van der Waals surface area contributed by atoms with Gasteiger partial charge in [0.1, 0.15) is 12.3 Å². The van der Waals surface area contributed by atoms with Crippen molar-refractivity contribution >= 4 is 35.2 Å². The molecule has 0 aliphatic carbocycles. The summed E-state index contributed by atoms with van der Waals surface area (Å²) in [4.78, 5) is 48.2. The quantitative estimate of drug-likeness (QED) is 0.380. The highest BCUT2D eigenvalue weighted by Crippen LogP contribution is 2.38. The zero-order valence-electron chi connectivity index (χ0n) is 27.9. The monoisotopic (exact) mass is 689 g/mol. The van der Waals surface area contributed by atoms with Gasteiger partial charge in [0, 0.05) is 61.5 Å². The Morgan fingerprint density at radius 1 is 0.740 bits per heavy atom. The van der Waals surface area contributed by atoms with Gasteiger partial charge in [-0.25, -0.2) is 13.6 Å². The Hall–Kier alpha value is -4.47. The molecule has 50 heavy (non-hydrogen) atoms. The van der Waals surface area contributed by atoms with Crippen molar-refractivity contribution < 1.29 is 27.8 Å². The number of carbonyl (C=O) groups is 2. The molecule has 2 N–H and O–H groups in total. The average Bonchev–Trinajstić information content (AvgIpc) is 3.45. The minimum atomic E-state index is -1.07. The first-order chi connectivity index (χ1) is 24.3. The molecule has 0 radical (unpaired) electrons. The molecule has 5 aliphatic heterocycles. The Bertz CT molecular complexity index is 1660. The summed E-state index contributed by atoms with van der Waals surface area (Å²) in [7, 11) is 0. The van der Waals surface area contributed by atoms with Gasteiger partial charge in [0.2, 0.25) is 11.9 Å². The number of anilines is 4. The second-order valence-corrected chi connectivity index (χ2v) is 13.6. The molecule has 1 aromatic heterocycles. The number of alkyl halides is 2. The van der Waals surface area contributed by atoms with Crippen molar-refractivity contribution in [3.63, 3.8) is 0 Å². The van der Waals surface area contributed by atoms with Gasteiger partial charge in [-0.2, -0.15) is 15.0 Å². The van der Waals surface area contributed by atoms with E-state index in [1.807, 2.05) is 14.7 Å². The fraction of sp³-hybridized carbons (Fsp3) is 0.514. The third-order valence-corrected chi connectivity index (χ3v) is 10.5. The van der Waals surface area contributed by atoms with E-state index >= 15 is 0 Å². The Labute approximate surface area is 288 Å². The van der Waals surface area contributed by atoms with Crippen molar-refractivity contribution in [1.82, 2.24) is 24.8 Å². The minimum absolute atomic E-state index is 0.0120. The highest BCUT2D eigenvalue weighted by Gasteiger charge is 2.49. The van der Waals surface area contributed by atoms with Crippen LogP contribution in [-0.2, 0) is 9.47 Å². The van der Waals surface area contributed by atoms with Crippen LogP contribution in [-0.4, -0.2) is 132 Å². The van der Waals surface area contributed by atoms with Gasteiger partial charge < -0.3 is 39.7 Å². The number of hydrogen-bond acceptors (Lipinski definition) is 10. The minimum Gasteiger partial charge on any atom is -0.377 e. The fourth-order valence-electron chi connectivity index (χ4n) is 7.75. The summed E-state index contributed by atoms with van der Waals surface area (Å²) < 4.78 is 41.2. The van der Waals surface area contributed by atoms with Crippen molar-refractivity contribution in [3.8, 4) is 11.4 Å². The van der Waals surface area contributed by atoms with E-state index in [4.69, 9.17) is 24.4 Å². The molecule has 2 aromatic carbocycles. The van der Waals surface area contributed by atoms with E-state index in [1.165, 1.54) is 0 Å². The first-order valence-corrected chi connectivity index (χ1v) is 17.4. The highest BCUT2D eigenvalue weighted by atomic mass is 19.1. The van der Waals surface area contributed by atoms with Gasteiger partial charge in [-0.05, 0) is 55.1 Å². The number of rotatable bonds is 7. The molecule has 8 rings (SSSR count). The number of piperazine rings is 1. The zero-order valence-corrected chi connectivity index (χ0v) is 27.9. The first kappa shape index (κ1) is 32.7. The largest absolute Gasteiger partial charge is 0.377 e. The van der Waals surface area contributed by atoms with E-state index in [2.05, 4.69) is 22.5 Å². The molecule has 5 saturated heterocycles. The van der Waals surface area contributed by atoms with Gasteiger partial charge in [-0.3, -0.25) is 4.79 Å². The molecule has 13 nitrogen and oxygen atoms in total. The molecule has 5 fully saturated rings. The van der Waals surface area contributed by atoms with E-state index in [-0.39, 0.29) is 31.2 Å². The Morgan fingerprint density at radius 2 is 1.26 bits per heavy atom. The van der Waals surface area contributed by atoms with Gasteiger partial charge in [0.15, 0.2) is 5.82 Å². The van der Waals surface area contributed by atoms with E-state index in [0.29, 0.717) is 79.4 Å². The lowest BCUT2D eigenvalue weighted by atomic mass is 10.1. The molecule has 6 atom stereocenters. The molecule has 0 saturated carbocycles. The molecular formula is C35H41F2N9O4. The van der Waals surface area contributed by atoms with Gasteiger partial charge in [0.25, 0.3) is 5.91 Å². The maximum atomic E-state index is 15.0. The summed E-state index contributed by atoms with van der Waals surface area (Å²) in [6.45, 7) is 7.48. The summed E-state index contributed by atoms with van der Waals surface area (Å²) >= 11 is 0. The van der Waals surface area contributed by atoms with Crippen LogP contribution in [0.5, 0.6) is 0 Å². The van der Waals surface area contributed by atoms with Crippen LogP contribution in [0.1, 0.15) is 30.1 Å². The number of amides is 3. The molecule has 264 valence electrons. The molecule has 3 amide bonds. The van der Waals surface area contributed by atoms with Crippen LogP contribution < -0.4 is 20.4 Å². The third-order valence-electron chi connectivity index (χ3n) is 10.5. The Kier molecular flexibility index (Phi) is 8.95. The van der Waals surface area contributed by atoms with E-state index in [0.717, 1.165) is 19.6 Å². The molecule has 5 aliphatic rings. The number of urea groups is 1. The molecule has 4 bridgehead atoms. The molecule has 6 heterocycles. The second kappa shape index (κ2) is 13.7. The summed E-state index contributed by atoms with van der Waals surface area (Å²) in [5, 5.41) is 5.64. The number of fused-ring (bicyclic) bond motifs is 4. The number of ether oxygens (including phenoxy) is 2. The normalized spacial score (nSPS) is 27.8. The van der Waals surface area contributed by atoms with E-state index < -0.39 is 30.5 Å². The zero-order chi connectivity index (χ0) is 34.4. The number of likely N-dealkylation sites (N-methyl/N-ethyl adjacent to an activating group) is 1. The molecular weight excluding hydrogens is 648 g/mol. The van der Waals surface area contributed by atoms with Crippen molar-refractivity contribution in [2.24, 2.45) is 0 Å². The van der Waals surface area contributed by atoms with Crippen LogP contribution in [0.15, 0.2) is 48.5 Å². The summed E-state index contributed by atoms with van der Waals surface area (Å²) in [5.74, 6) is 1.05. The van der Waals surface area contributed by atoms with Crippen LogP contribution in [0.25, 0.3) is 11.4 Å². The molecule has 15 heteroatoms. The number of halogens is 2. The van der Waals surface area contributed by atoms with Crippen molar-refractivity contribution in [2.45, 2.75) is 56.3 Å². The fourth-order valence-corrected chi connectivity index (χ4v) is 7.75. The summed E-state index contributed by atoms with van der Waals surface area (Å²) in [6, 6.07) is 12.1. The van der Waals surface area contributed by atoms with Crippen LogP contribution in [0.3, 0.4) is 0 Å². The molecule has 0 unspecified atom stereocenters. The lowest BCUT2D eigenvalue weighted by molar-refractivity contribution is 0.0643. The van der Waals surface area contributed by atoms with Crippen LogP contribution >= 0.6 is 0 Å². The lowest BCUT2D eigenvalue weighted by Gasteiger charge is -2.37. The van der Waals surface area contributed by atoms with Crippen LogP contribution in [0, 0.1) is 0 Å². The maximum Gasteiger partial charge on any atom is 0.323 e. The summed E-state index contributed by atoms with van der Waals surface area (Å²) in [5.41, 5.74) is 2.33. The number of hydrogen-bond donors (Lipinski definition) is 2. The van der Waals surface area contributed by atoms with Gasteiger partial charge >= 0.3 is 6.03 Å². The van der Waals surface area contributed by atoms with Gasteiger partial charge in [-0.15, -0.1) is 0 Å². The van der Waals surface area contributed by atoms with Crippen LogP contribution in [0.2, 0.25) is 0 Å². The van der Waals surface area contributed by atoms with E-state index in [1.54, 1.807) is 48.5 Å². The van der Waals surface area contributed by atoms with Gasteiger partial charge in [0.05, 0.1) is 50.6 Å². The Morgan fingerprint density at radius 3 is 1.76 bits per heavy atom. The number of aromatic nitrogens is 3. The number of nitrogens with zero attached hydrogens (tertiary/aromatic N) is 7. The standard InChI is InChI=1S/C35H41F2N9O4/c1-2-43-11-13-44(14-12-43)32(47)22-5-9-24(10-6-22)39-35(48)38-23-7-3-21(4-8-23)31-40-33(45-25-15-27(36)29(45)19-49-17-25)42-34(41-31)46-26-16-28(37)30(46)20-50-18-26/h3-10,25-30H,2,11-20H2,1H3,(H2,38,39,48)/t25-,26-,27-,28-,29-,30-/m0/s1. The second-order valence-electron chi connectivity index (χ2n) is 13.6. The number of benzene rings is 2. The molecule has 3 aromatic rings. The maximum absolute atomic E-state index is 15.0. The predicted molar refractivity (Wildman–Crippen MR) is 183 cm³/mol. The lowest BCUT2D eigenvalue weighted by Crippen LogP contribution is -2.50. The molecule has 0 spiro atoms. The topological polar surface area (TPSA) is 128 Å². The van der Waals surface area contributed by atoms with Gasteiger partial charge in [-0.1, -0.05) is 6.92 Å². The average molecular weight is 690 g/mol. The predicted octanol–water partition coefficient (Wildman–Crippen LogP) is 3.59. The number of nitrogens with one attached hydrogen (secondary N) is 2. The smallest absolute Gasteiger partial charge is 0.323 e. The van der Waals surface area contributed by atoms with Crippen molar-refractivity contribution in [3.05, 3.63) is 54.1 Å². The number of morpholine rings is 2. The van der Waals surface area contributed by atoms with Crippen LogP contribution in [0.4, 0.5) is 36.8 Å². The Balaban J connectivity index is 0.967. The SMILES string of the molecule is CCN1CCN(C(=O)c2ccc(NC(=O)Nc3ccc(-c4nc(N5[C@@H]6COC[C@H]5[C@@H](F)C6)nc(N5[C@@H]6COC[C@H]5[C@@H](F)C6)n4)cc3)cc2)CC1. The third kappa shape index (κ3) is 6.33. The highest BCUT2D eigenvalue weighted by molar-refractivity contribution is 6.00. The number of carbonyl (C=O) groups excluding carboxylic acids is 2. The summed E-state index contributed by atoms with van der Waals surface area (Å²) in [6.07, 6.45) is -1.47. The van der Waals surface area contributed by atoms with E-state index in [9.17, 15) is 18.4 Å². The first-order valence-electron chi connectivity index (χ1n) is 17.4. The van der Waals surface area contributed by atoms with Crippen molar-refractivity contribution in [1.29, 1.82) is 0 Å².